The van der Waals surface area contributed by atoms with Crippen LogP contribution in [0.5, 0.6) is 0 Å². The van der Waals surface area contributed by atoms with Crippen molar-refractivity contribution in [2.24, 2.45) is 0 Å². The lowest BCUT2D eigenvalue weighted by Gasteiger charge is -1.85. The van der Waals surface area contributed by atoms with Crippen molar-refractivity contribution in [1.82, 2.24) is 0 Å². The average molecular weight is 79.0 g/mol. The number of rotatable bonds is 0. The predicted molar refractivity (Wildman–Crippen MR) is 7.58 cm³/mol. The zero-order valence-electron chi connectivity index (χ0n) is 2.12. The van der Waals surface area contributed by atoms with Crippen molar-refractivity contribution in [2.45, 2.75) is 0 Å². The first-order valence-electron chi connectivity index (χ1n) is 0.914. The fourth-order valence-electron chi connectivity index (χ4n) is 0.0285. The lowest BCUT2D eigenvalue weighted by molar-refractivity contribution is -1.11. The van der Waals surface area contributed by atoms with Crippen LogP contribution in [0.1, 0.15) is 0 Å². The normalized spacial score (nSPS) is 30.0. The number of nitrogens with zero attached hydrogens (tertiary/aromatic N) is 1. The molecule has 0 amide bonds. The van der Waals surface area contributed by atoms with E-state index in [1.165, 1.54) is 0 Å². The van der Waals surface area contributed by atoms with Crippen molar-refractivity contribution in [1.29, 1.82) is 0 Å². The van der Waals surface area contributed by atoms with Gasteiger partial charge in [-0.3, -0.25) is 0 Å². The SMILES string of the molecule is [O-][N+]1(O)OO1. The van der Waals surface area contributed by atoms with Crippen molar-refractivity contribution in [3.05, 3.63) is 5.21 Å². The first-order chi connectivity index (χ1) is 2.21. The lowest BCUT2D eigenvalue weighted by Crippen LogP contribution is -2.05. The molecule has 30 valence electrons. The molecular weight excluding hydrogens is 78.0 g/mol. The van der Waals surface area contributed by atoms with E-state index >= 15 is 0 Å². The standard InChI is InChI=1S/HNO4/c2-1(3)4-5-1/h2H. The zero-order chi connectivity index (χ0) is 3.91. The van der Waals surface area contributed by atoms with Crippen LogP contribution < -0.4 is 0 Å². The Morgan fingerprint density at radius 1 is 1.60 bits per heavy atom. The third-order valence-electron chi connectivity index (χ3n) is 0.202. The van der Waals surface area contributed by atoms with Gasteiger partial charge in [-0.1, -0.05) is 0 Å². The molecule has 1 heterocycles. The highest BCUT2D eigenvalue weighted by molar-refractivity contribution is 3.84. The molecule has 1 rings (SSSR count). The van der Waals surface area contributed by atoms with E-state index in [1.54, 1.807) is 0 Å². The van der Waals surface area contributed by atoms with E-state index in [2.05, 4.69) is 9.98 Å². The molecule has 5 nitrogen and oxygen atoms in total. The Morgan fingerprint density at radius 3 is 1.80 bits per heavy atom. The summed E-state index contributed by atoms with van der Waals surface area (Å²) in [5.41, 5.74) is 0. The van der Waals surface area contributed by atoms with Crippen molar-refractivity contribution >= 4 is 0 Å². The maximum absolute atomic E-state index is 9.26. The van der Waals surface area contributed by atoms with Gasteiger partial charge in [-0.15, -0.1) is 5.21 Å². The summed E-state index contributed by atoms with van der Waals surface area (Å²) in [6.45, 7) is 0. The second-order valence-corrected chi connectivity index (χ2v) is 0.618. The molecule has 0 radical (unpaired) electrons. The molecule has 1 fully saturated rings. The van der Waals surface area contributed by atoms with Crippen molar-refractivity contribution in [3.63, 3.8) is 0 Å². The van der Waals surface area contributed by atoms with Crippen LogP contribution in [0.15, 0.2) is 0 Å². The molecule has 0 unspecified atom stereocenters. The minimum Gasteiger partial charge on any atom is -0.523 e. The Hall–Kier alpha value is -0.200. The van der Waals surface area contributed by atoms with Gasteiger partial charge in [0.05, 0.1) is 0 Å². The molecule has 1 aliphatic rings. The number of hydrogen-bond donors (Lipinski definition) is 1. The molecular formula is HNO4. The average Bonchev–Trinajstić information content (AvgIpc) is 1.76. The van der Waals surface area contributed by atoms with Crippen molar-refractivity contribution in [2.75, 3.05) is 0 Å². The summed E-state index contributed by atoms with van der Waals surface area (Å²) in [4.78, 5) is 6.67. The molecule has 0 aliphatic carbocycles. The number of quaternary nitrogens is 1. The number of hydrogen-bond acceptors (Lipinski definition) is 4. The molecule has 1 saturated heterocycles. The van der Waals surface area contributed by atoms with Gasteiger partial charge in [-0.05, 0) is 0 Å². The molecule has 0 bridgehead atoms. The van der Waals surface area contributed by atoms with Crippen LogP contribution in [-0.4, -0.2) is 10.3 Å². The molecule has 0 spiro atoms. The summed E-state index contributed by atoms with van der Waals surface area (Å²) in [6.07, 6.45) is 0. The van der Waals surface area contributed by atoms with Gasteiger partial charge in [0, 0.05) is 0 Å². The van der Waals surface area contributed by atoms with Gasteiger partial charge in [0.1, 0.15) is 9.98 Å². The zero-order valence-corrected chi connectivity index (χ0v) is 2.12. The third-order valence-corrected chi connectivity index (χ3v) is 0.202. The van der Waals surface area contributed by atoms with E-state index in [4.69, 9.17) is 5.21 Å². The highest BCUT2D eigenvalue weighted by atomic mass is 17.8. The first-order valence-corrected chi connectivity index (χ1v) is 0.914. The smallest absolute Gasteiger partial charge is 0.154 e. The summed E-state index contributed by atoms with van der Waals surface area (Å²) >= 11 is 0. The topological polar surface area (TPSA) is 68.3 Å². The second-order valence-electron chi connectivity index (χ2n) is 0.618. The third kappa shape index (κ3) is 0.534. The Kier molecular flexibility index (Phi) is 0.295. The molecule has 0 aromatic carbocycles. The fraction of sp³-hybridized carbons (Fsp3) is 0. The van der Waals surface area contributed by atoms with E-state index in [0.717, 1.165) is 0 Å². The van der Waals surface area contributed by atoms with Crippen molar-refractivity contribution in [3.8, 4) is 0 Å². The Bertz CT molecular complexity index is 41.6. The van der Waals surface area contributed by atoms with Crippen LogP contribution >= 0.6 is 0 Å². The van der Waals surface area contributed by atoms with E-state index < -0.39 is 5.14 Å². The summed E-state index contributed by atoms with van der Waals surface area (Å²) in [5, 5.41) is 14.8. The lowest BCUT2D eigenvalue weighted by atomic mass is 12.9. The van der Waals surface area contributed by atoms with Crippen LogP contribution in [0.4, 0.5) is 0 Å². The van der Waals surface area contributed by atoms with Crippen LogP contribution in [0, 0.1) is 5.21 Å². The molecule has 1 N–H and O–H groups in total. The molecule has 0 atom stereocenters. The van der Waals surface area contributed by atoms with Gasteiger partial charge < -0.3 is 5.21 Å². The largest absolute Gasteiger partial charge is 0.523 e. The first kappa shape index (κ1) is 3.01. The van der Waals surface area contributed by atoms with Gasteiger partial charge in [-0.25, -0.2) is 0 Å². The highest BCUT2D eigenvalue weighted by Gasteiger charge is 2.42. The molecule has 1 aliphatic heterocycles. The summed E-state index contributed by atoms with van der Waals surface area (Å²) < 4.78 is 0. The van der Waals surface area contributed by atoms with Crippen LogP contribution in [-0.2, 0) is 9.98 Å². The highest BCUT2D eigenvalue weighted by Crippen LogP contribution is 2.16. The van der Waals surface area contributed by atoms with Gasteiger partial charge in [0.2, 0.25) is 0 Å². The Morgan fingerprint density at radius 2 is 1.80 bits per heavy atom. The molecule has 0 aromatic heterocycles. The maximum Gasteiger partial charge on any atom is 0.154 e. The quantitative estimate of drug-likeness (QED) is 0.183. The van der Waals surface area contributed by atoms with E-state index in [1.807, 2.05) is 0 Å². The maximum atomic E-state index is 9.26. The van der Waals surface area contributed by atoms with E-state index in [0.29, 0.717) is 0 Å². The summed E-state index contributed by atoms with van der Waals surface area (Å²) in [7, 11) is 0. The van der Waals surface area contributed by atoms with Gasteiger partial charge in [0.15, 0.2) is 5.14 Å². The van der Waals surface area contributed by atoms with Gasteiger partial charge >= 0.3 is 0 Å². The minimum absolute atomic E-state index is 2.00. The molecule has 0 saturated carbocycles. The molecule has 0 aromatic rings. The minimum atomic E-state index is -2.00. The summed E-state index contributed by atoms with van der Waals surface area (Å²) in [6, 6.07) is 0. The molecule has 5 heavy (non-hydrogen) atoms. The van der Waals surface area contributed by atoms with Crippen LogP contribution in [0.2, 0.25) is 0 Å². The monoisotopic (exact) mass is 79.0 g/mol. The van der Waals surface area contributed by atoms with Crippen LogP contribution in [0.3, 0.4) is 0 Å². The van der Waals surface area contributed by atoms with E-state index in [-0.39, 0.29) is 0 Å². The predicted octanol–water partition coefficient (Wildman–Crippen LogP) is -0.518. The van der Waals surface area contributed by atoms with Crippen LogP contribution in [0.25, 0.3) is 0 Å². The second kappa shape index (κ2) is 0.490. The Labute approximate surface area is 26.9 Å². The van der Waals surface area contributed by atoms with Gasteiger partial charge in [-0.2, -0.15) is 0 Å². The van der Waals surface area contributed by atoms with E-state index in [9.17, 15) is 5.21 Å². The van der Waals surface area contributed by atoms with Crippen molar-refractivity contribution < 1.29 is 20.3 Å². The van der Waals surface area contributed by atoms with Gasteiger partial charge in [0.25, 0.3) is 0 Å². The fourth-order valence-corrected chi connectivity index (χ4v) is 0.0285. The molecule has 5 heteroatoms. The Balaban J connectivity index is 2.38. The summed E-state index contributed by atoms with van der Waals surface area (Å²) in [5.74, 6) is 0.